The van der Waals surface area contributed by atoms with E-state index in [1.807, 2.05) is 13.8 Å². The van der Waals surface area contributed by atoms with Crippen LogP contribution in [0, 0.1) is 0 Å². The summed E-state index contributed by atoms with van der Waals surface area (Å²) < 4.78 is 10.3. The summed E-state index contributed by atoms with van der Waals surface area (Å²) in [6.07, 6.45) is -0.392. The predicted octanol–water partition coefficient (Wildman–Crippen LogP) is 2.74. The number of esters is 2. The third-order valence-corrected chi connectivity index (χ3v) is 3.43. The van der Waals surface area contributed by atoms with Gasteiger partial charge in [0.2, 0.25) is 0 Å². The maximum Gasteiger partial charge on any atom is 0.333 e. The summed E-state index contributed by atoms with van der Waals surface area (Å²) in [5.41, 5.74) is 0.779. The summed E-state index contributed by atoms with van der Waals surface area (Å²) in [5.74, 6) is 0.534. The quantitative estimate of drug-likeness (QED) is 0.507. The second-order valence-corrected chi connectivity index (χ2v) is 5.60. The maximum absolute atomic E-state index is 11.3. The molecule has 0 spiro atoms. The molecule has 19 heavy (non-hydrogen) atoms. The van der Waals surface area contributed by atoms with Gasteiger partial charge in [-0.25, -0.2) is 9.59 Å². The lowest BCUT2D eigenvalue weighted by atomic mass is 10.3. The largest absolute Gasteiger partial charge is 0.458 e. The number of rotatable bonds is 8. The zero-order chi connectivity index (χ0) is 15.0. The van der Waals surface area contributed by atoms with Gasteiger partial charge in [-0.3, -0.25) is 0 Å². The van der Waals surface area contributed by atoms with E-state index in [0.717, 1.165) is 0 Å². The molecule has 0 saturated heterocycles. The summed E-state index contributed by atoms with van der Waals surface area (Å²) in [6, 6.07) is 0. The average Bonchev–Trinajstić information content (AvgIpc) is 2.28. The number of ether oxygens (including phenoxy) is 2. The lowest BCUT2D eigenvalue weighted by molar-refractivity contribution is -0.143. The van der Waals surface area contributed by atoms with Crippen LogP contribution in [0.3, 0.4) is 0 Å². The van der Waals surface area contributed by atoms with E-state index in [9.17, 15) is 9.59 Å². The topological polar surface area (TPSA) is 52.6 Å². The Labute approximate surface area is 119 Å². The molecule has 0 aromatic rings. The Bertz CT molecular complexity index is 328. The van der Waals surface area contributed by atoms with Crippen LogP contribution >= 0.6 is 11.8 Å². The molecule has 4 nitrogen and oxygen atoms in total. The molecular formula is C14H22O4S. The molecule has 0 heterocycles. The zero-order valence-electron chi connectivity index (χ0n) is 12.0. The molecule has 2 unspecified atom stereocenters. The van der Waals surface area contributed by atoms with Crippen LogP contribution in [-0.4, -0.2) is 35.7 Å². The van der Waals surface area contributed by atoms with E-state index in [4.69, 9.17) is 9.47 Å². The smallest absolute Gasteiger partial charge is 0.333 e. The van der Waals surface area contributed by atoms with Crippen molar-refractivity contribution in [1.82, 2.24) is 0 Å². The summed E-state index contributed by atoms with van der Waals surface area (Å²) in [6.45, 7) is 13.9. The summed E-state index contributed by atoms with van der Waals surface area (Å²) in [4.78, 5) is 22.5. The van der Waals surface area contributed by atoms with Crippen LogP contribution in [-0.2, 0) is 19.1 Å². The van der Waals surface area contributed by atoms with Crippen LogP contribution in [0.15, 0.2) is 24.3 Å². The first-order chi connectivity index (χ1) is 8.73. The Morgan fingerprint density at radius 2 is 1.26 bits per heavy atom. The maximum atomic E-state index is 11.3. The van der Waals surface area contributed by atoms with Gasteiger partial charge in [-0.15, -0.1) is 0 Å². The Kier molecular flexibility index (Phi) is 8.23. The zero-order valence-corrected chi connectivity index (χ0v) is 12.8. The van der Waals surface area contributed by atoms with Gasteiger partial charge in [-0.1, -0.05) is 13.2 Å². The molecule has 0 N–H and O–H groups in total. The number of thioether (sulfide) groups is 1. The second kappa shape index (κ2) is 8.80. The molecule has 0 aliphatic rings. The van der Waals surface area contributed by atoms with Crippen LogP contribution in [0.2, 0.25) is 0 Å². The van der Waals surface area contributed by atoms with Crippen molar-refractivity contribution in [3.05, 3.63) is 24.3 Å². The van der Waals surface area contributed by atoms with Crippen molar-refractivity contribution >= 4 is 23.7 Å². The van der Waals surface area contributed by atoms with Crippen molar-refractivity contribution in [2.45, 2.75) is 39.9 Å². The molecule has 0 rings (SSSR count). The van der Waals surface area contributed by atoms with Crippen molar-refractivity contribution in [2.75, 3.05) is 11.5 Å². The summed E-state index contributed by atoms with van der Waals surface area (Å²) in [5, 5.41) is 0. The highest BCUT2D eigenvalue weighted by molar-refractivity contribution is 7.99. The summed E-state index contributed by atoms with van der Waals surface area (Å²) >= 11 is 1.56. The normalized spacial score (nSPS) is 13.3. The van der Waals surface area contributed by atoms with E-state index in [-0.39, 0.29) is 24.1 Å². The van der Waals surface area contributed by atoms with Gasteiger partial charge in [0.25, 0.3) is 0 Å². The van der Waals surface area contributed by atoms with Gasteiger partial charge in [0.05, 0.1) is 0 Å². The van der Waals surface area contributed by atoms with E-state index in [0.29, 0.717) is 22.7 Å². The molecular weight excluding hydrogens is 264 g/mol. The minimum Gasteiger partial charge on any atom is -0.458 e. The van der Waals surface area contributed by atoms with E-state index < -0.39 is 0 Å². The van der Waals surface area contributed by atoms with Gasteiger partial charge in [0.1, 0.15) is 12.2 Å². The molecule has 108 valence electrons. The van der Waals surface area contributed by atoms with Gasteiger partial charge in [0, 0.05) is 22.7 Å². The third-order valence-electron chi connectivity index (χ3n) is 2.02. The molecule has 0 bridgehead atoms. The molecule has 0 aliphatic heterocycles. The molecule has 0 aliphatic carbocycles. The van der Waals surface area contributed by atoms with Gasteiger partial charge in [0.15, 0.2) is 0 Å². The molecule has 2 atom stereocenters. The fraction of sp³-hybridized carbons (Fsp3) is 0.571. The molecule has 0 saturated carbocycles. The minimum absolute atomic E-state index is 0.196. The van der Waals surface area contributed by atoms with Gasteiger partial charge in [-0.05, 0) is 27.7 Å². The lowest BCUT2D eigenvalue weighted by Gasteiger charge is -2.15. The van der Waals surface area contributed by atoms with Gasteiger partial charge >= 0.3 is 11.9 Å². The van der Waals surface area contributed by atoms with E-state index >= 15 is 0 Å². The Hall–Kier alpha value is -1.23. The fourth-order valence-corrected chi connectivity index (χ4v) is 1.97. The number of carbonyl (C=O) groups is 2. The van der Waals surface area contributed by atoms with Crippen molar-refractivity contribution < 1.29 is 19.1 Å². The van der Waals surface area contributed by atoms with Gasteiger partial charge in [-0.2, -0.15) is 11.8 Å². The van der Waals surface area contributed by atoms with Crippen LogP contribution in [0.4, 0.5) is 0 Å². The van der Waals surface area contributed by atoms with Crippen LogP contribution in [0.25, 0.3) is 0 Å². The fourth-order valence-electron chi connectivity index (χ4n) is 1.03. The van der Waals surface area contributed by atoms with Crippen LogP contribution < -0.4 is 0 Å². The van der Waals surface area contributed by atoms with Crippen molar-refractivity contribution in [2.24, 2.45) is 0 Å². The molecule has 0 aromatic heterocycles. The average molecular weight is 286 g/mol. The van der Waals surface area contributed by atoms with Crippen molar-refractivity contribution in [3.8, 4) is 0 Å². The Morgan fingerprint density at radius 3 is 1.53 bits per heavy atom. The molecule has 0 aromatic carbocycles. The molecule has 0 radical (unpaired) electrons. The monoisotopic (exact) mass is 286 g/mol. The third kappa shape index (κ3) is 8.48. The van der Waals surface area contributed by atoms with Crippen LogP contribution in [0.5, 0.6) is 0 Å². The second-order valence-electron chi connectivity index (χ2n) is 4.53. The molecule has 5 heteroatoms. The Balaban J connectivity index is 3.84. The SMILES string of the molecule is C=C(C)C(=O)OC(C)CSCC(C)OC(=O)C(=C)C. The van der Waals surface area contributed by atoms with E-state index in [1.54, 1.807) is 25.6 Å². The highest BCUT2D eigenvalue weighted by Gasteiger charge is 2.13. The summed E-state index contributed by atoms with van der Waals surface area (Å²) in [7, 11) is 0. The van der Waals surface area contributed by atoms with Gasteiger partial charge < -0.3 is 9.47 Å². The highest BCUT2D eigenvalue weighted by Crippen LogP contribution is 2.11. The van der Waals surface area contributed by atoms with E-state index in [1.165, 1.54) is 0 Å². The minimum atomic E-state index is -0.380. The highest BCUT2D eigenvalue weighted by atomic mass is 32.2. The van der Waals surface area contributed by atoms with Crippen LogP contribution in [0.1, 0.15) is 27.7 Å². The first-order valence-corrected chi connectivity index (χ1v) is 7.20. The molecule has 0 amide bonds. The number of carbonyl (C=O) groups excluding carboxylic acids is 2. The number of hydrogen-bond donors (Lipinski definition) is 0. The standard InChI is InChI=1S/C14H22O4S/c1-9(2)13(15)17-11(5)7-19-8-12(6)18-14(16)10(3)4/h11-12H,1,3,7-8H2,2,4-6H3. The lowest BCUT2D eigenvalue weighted by Crippen LogP contribution is -2.21. The molecule has 0 fully saturated rings. The number of hydrogen-bond acceptors (Lipinski definition) is 5. The predicted molar refractivity (Wildman–Crippen MR) is 78.1 cm³/mol. The van der Waals surface area contributed by atoms with Crippen molar-refractivity contribution in [3.63, 3.8) is 0 Å². The first-order valence-electron chi connectivity index (χ1n) is 6.04. The van der Waals surface area contributed by atoms with Crippen molar-refractivity contribution in [1.29, 1.82) is 0 Å². The Morgan fingerprint density at radius 1 is 0.947 bits per heavy atom. The first kappa shape index (κ1) is 17.8. The van der Waals surface area contributed by atoms with E-state index in [2.05, 4.69) is 13.2 Å².